The first kappa shape index (κ1) is 14.3. The van der Waals surface area contributed by atoms with Crippen molar-refractivity contribution in [2.75, 3.05) is 18.1 Å². The minimum Gasteiger partial charge on any atom is -0.391 e. The number of nitrogens with one attached hydrogen (secondary N) is 1. The fourth-order valence-electron chi connectivity index (χ4n) is 1.10. The van der Waals surface area contributed by atoms with Gasteiger partial charge in [-0.25, -0.2) is 0 Å². The molecule has 0 aliphatic rings. The SMILES string of the molecule is CCCCCSCC(O)CNC(C)C. The summed E-state index contributed by atoms with van der Waals surface area (Å²) in [6.07, 6.45) is 3.68. The number of thioether (sulfide) groups is 1. The van der Waals surface area contributed by atoms with Gasteiger partial charge in [0.05, 0.1) is 6.10 Å². The minimum absolute atomic E-state index is 0.191. The molecule has 0 aliphatic heterocycles. The van der Waals surface area contributed by atoms with E-state index in [0.717, 1.165) is 12.3 Å². The van der Waals surface area contributed by atoms with Crippen molar-refractivity contribution in [3.05, 3.63) is 0 Å². The first-order valence-corrected chi connectivity index (χ1v) is 6.81. The molecule has 0 spiro atoms. The number of hydrogen-bond donors (Lipinski definition) is 2. The molecule has 0 rings (SSSR count). The van der Waals surface area contributed by atoms with Crippen LogP contribution in [0.3, 0.4) is 0 Å². The number of aliphatic hydroxyl groups is 1. The summed E-state index contributed by atoms with van der Waals surface area (Å²) in [6.45, 7) is 7.13. The number of rotatable bonds is 9. The monoisotopic (exact) mass is 219 g/mol. The molecule has 3 heteroatoms. The van der Waals surface area contributed by atoms with Gasteiger partial charge >= 0.3 is 0 Å². The summed E-state index contributed by atoms with van der Waals surface area (Å²) in [5.74, 6) is 2.05. The molecule has 0 aliphatic carbocycles. The Morgan fingerprint density at radius 2 is 2.00 bits per heavy atom. The summed E-state index contributed by atoms with van der Waals surface area (Å²) in [5, 5.41) is 12.8. The molecule has 1 unspecified atom stereocenters. The molecule has 0 aromatic rings. The Balaban J connectivity index is 3.14. The molecule has 0 aromatic carbocycles. The Morgan fingerprint density at radius 3 is 2.57 bits per heavy atom. The van der Waals surface area contributed by atoms with Crippen molar-refractivity contribution < 1.29 is 5.11 Å². The summed E-state index contributed by atoms with van der Waals surface area (Å²) in [6, 6.07) is 0.467. The van der Waals surface area contributed by atoms with E-state index in [-0.39, 0.29) is 6.10 Å². The van der Waals surface area contributed by atoms with Gasteiger partial charge in [-0.1, -0.05) is 33.6 Å². The molecule has 0 saturated heterocycles. The van der Waals surface area contributed by atoms with Crippen LogP contribution in [-0.4, -0.2) is 35.3 Å². The van der Waals surface area contributed by atoms with Crippen molar-refractivity contribution in [3.8, 4) is 0 Å². The van der Waals surface area contributed by atoms with Gasteiger partial charge in [0.25, 0.3) is 0 Å². The van der Waals surface area contributed by atoms with E-state index in [1.165, 1.54) is 25.0 Å². The third kappa shape index (κ3) is 10.4. The molecule has 0 amide bonds. The van der Waals surface area contributed by atoms with Crippen LogP contribution in [0.15, 0.2) is 0 Å². The quantitative estimate of drug-likeness (QED) is 0.584. The third-order valence-electron chi connectivity index (χ3n) is 1.96. The van der Waals surface area contributed by atoms with Gasteiger partial charge in [0.2, 0.25) is 0 Å². The predicted molar refractivity (Wildman–Crippen MR) is 66.0 cm³/mol. The molecule has 0 radical (unpaired) electrons. The molecule has 2 nitrogen and oxygen atoms in total. The molecular weight excluding hydrogens is 194 g/mol. The van der Waals surface area contributed by atoms with E-state index in [4.69, 9.17) is 0 Å². The number of hydrogen-bond acceptors (Lipinski definition) is 3. The highest BCUT2D eigenvalue weighted by atomic mass is 32.2. The summed E-state index contributed by atoms with van der Waals surface area (Å²) in [5.41, 5.74) is 0. The number of unbranched alkanes of at least 4 members (excludes halogenated alkanes) is 2. The second kappa shape index (κ2) is 9.81. The van der Waals surface area contributed by atoms with E-state index in [9.17, 15) is 5.11 Å². The zero-order valence-electron chi connectivity index (χ0n) is 9.75. The lowest BCUT2D eigenvalue weighted by atomic mass is 10.3. The van der Waals surface area contributed by atoms with E-state index < -0.39 is 0 Å². The predicted octanol–water partition coefficient (Wildman–Crippen LogP) is 2.27. The van der Waals surface area contributed by atoms with Crippen molar-refractivity contribution in [1.29, 1.82) is 0 Å². The van der Waals surface area contributed by atoms with Gasteiger partial charge < -0.3 is 10.4 Å². The lowest BCUT2D eigenvalue weighted by Crippen LogP contribution is -2.33. The van der Waals surface area contributed by atoms with Crippen molar-refractivity contribution in [3.63, 3.8) is 0 Å². The number of aliphatic hydroxyl groups excluding tert-OH is 1. The summed E-state index contributed by atoms with van der Waals surface area (Å²) in [4.78, 5) is 0. The molecule has 0 saturated carbocycles. The van der Waals surface area contributed by atoms with Crippen molar-refractivity contribution in [2.45, 2.75) is 52.2 Å². The maximum atomic E-state index is 9.57. The van der Waals surface area contributed by atoms with Gasteiger partial charge in [-0.15, -0.1) is 0 Å². The average molecular weight is 219 g/mol. The maximum absolute atomic E-state index is 9.57. The van der Waals surface area contributed by atoms with E-state index in [1.807, 2.05) is 11.8 Å². The molecule has 86 valence electrons. The van der Waals surface area contributed by atoms with Gasteiger partial charge in [-0.3, -0.25) is 0 Å². The zero-order chi connectivity index (χ0) is 10.8. The Hall–Kier alpha value is 0.270. The van der Waals surface area contributed by atoms with Gasteiger partial charge in [0, 0.05) is 18.3 Å². The highest BCUT2D eigenvalue weighted by Gasteiger charge is 2.04. The van der Waals surface area contributed by atoms with Gasteiger partial charge in [-0.05, 0) is 12.2 Å². The first-order chi connectivity index (χ1) is 6.66. The third-order valence-corrected chi connectivity index (χ3v) is 3.16. The average Bonchev–Trinajstić information content (AvgIpc) is 2.14. The highest BCUT2D eigenvalue weighted by molar-refractivity contribution is 7.99. The smallest absolute Gasteiger partial charge is 0.0754 e. The van der Waals surface area contributed by atoms with Crippen LogP contribution in [0.2, 0.25) is 0 Å². The van der Waals surface area contributed by atoms with E-state index in [1.54, 1.807) is 0 Å². The Labute approximate surface area is 92.9 Å². The van der Waals surface area contributed by atoms with Crippen LogP contribution in [0.4, 0.5) is 0 Å². The van der Waals surface area contributed by atoms with Crippen LogP contribution in [0.1, 0.15) is 40.0 Å². The normalized spacial score (nSPS) is 13.5. The summed E-state index contributed by atoms with van der Waals surface area (Å²) < 4.78 is 0. The second-order valence-corrected chi connectivity index (χ2v) is 5.15. The van der Waals surface area contributed by atoms with Crippen LogP contribution in [0.25, 0.3) is 0 Å². The highest BCUT2D eigenvalue weighted by Crippen LogP contribution is 2.07. The van der Waals surface area contributed by atoms with E-state index in [2.05, 4.69) is 26.1 Å². The standard InChI is InChI=1S/C11H25NOS/c1-4-5-6-7-14-9-11(13)8-12-10(2)3/h10-13H,4-9H2,1-3H3. The molecule has 0 bridgehead atoms. The molecule has 0 fully saturated rings. The molecule has 0 aromatic heterocycles. The van der Waals surface area contributed by atoms with Crippen molar-refractivity contribution in [1.82, 2.24) is 5.32 Å². The van der Waals surface area contributed by atoms with Crippen LogP contribution >= 0.6 is 11.8 Å². The zero-order valence-corrected chi connectivity index (χ0v) is 10.6. The molecule has 2 N–H and O–H groups in total. The van der Waals surface area contributed by atoms with Crippen LogP contribution in [-0.2, 0) is 0 Å². The maximum Gasteiger partial charge on any atom is 0.0754 e. The minimum atomic E-state index is -0.191. The Morgan fingerprint density at radius 1 is 1.29 bits per heavy atom. The summed E-state index contributed by atoms with van der Waals surface area (Å²) >= 11 is 1.86. The van der Waals surface area contributed by atoms with Crippen molar-refractivity contribution >= 4 is 11.8 Å². The fourth-order valence-corrected chi connectivity index (χ4v) is 2.07. The molecule has 14 heavy (non-hydrogen) atoms. The Bertz CT molecular complexity index is 120. The fraction of sp³-hybridized carbons (Fsp3) is 1.00. The largest absolute Gasteiger partial charge is 0.391 e. The van der Waals surface area contributed by atoms with Gasteiger partial charge in [-0.2, -0.15) is 11.8 Å². The molecular formula is C11H25NOS. The lowest BCUT2D eigenvalue weighted by Gasteiger charge is -2.13. The van der Waals surface area contributed by atoms with Gasteiger partial charge in [0.15, 0.2) is 0 Å². The second-order valence-electron chi connectivity index (χ2n) is 4.00. The summed E-state index contributed by atoms with van der Waals surface area (Å²) in [7, 11) is 0. The van der Waals surface area contributed by atoms with Crippen molar-refractivity contribution in [2.24, 2.45) is 0 Å². The Kier molecular flexibility index (Phi) is 10.0. The van der Waals surface area contributed by atoms with E-state index in [0.29, 0.717) is 6.04 Å². The van der Waals surface area contributed by atoms with Crippen LogP contribution in [0.5, 0.6) is 0 Å². The van der Waals surface area contributed by atoms with Crippen LogP contribution < -0.4 is 5.32 Å². The first-order valence-electron chi connectivity index (χ1n) is 5.66. The van der Waals surface area contributed by atoms with Crippen LogP contribution in [0, 0.1) is 0 Å². The molecule has 1 atom stereocenters. The topological polar surface area (TPSA) is 32.3 Å². The lowest BCUT2D eigenvalue weighted by molar-refractivity contribution is 0.192. The van der Waals surface area contributed by atoms with Gasteiger partial charge in [0.1, 0.15) is 0 Å². The van der Waals surface area contributed by atoms with E-state index >= 15 is 0 Å². The molecule has 0 heterocycles.